The van der Waals surface area contributed by atoms with Gasteiger partial charge >= 0.3 is 0 Å². The molecule has 20 heavy (non-hydrogen) atoms. The van der Waals surface area contributed by atoms with Crippen molar-refractivity contribution in [2.45, 2.75) is 13.0 Å². The highest BCUT2D eigenvalue weighted by molar-refractivity contribution is 9.10. The standard InChI is InChI=1S/C13H19BrN2O3S/c1-10(17)12-4-3-11(9-13(12)14)15-5-7-16(8-6-15)20(2,18)19/h3-4,9-10,17H,5-8H2,1-2H3/t10-/m0/s1. The van der Waals surface area contributed by atoms with Gasteiger partial charge in [0, 0.05) is 36.3 Å². The molecular formula is C13H19BrN2O3S. The van der Waals surface area contributed by atoms with Crippen LogP contribution in [0.5, 0.6) is 0 Å². The summed E-state index contributed by atoms with van der Waals surface area (Å²) in [6.45, 7) is 4.09. The number of sulfonamides is 1. The minimum Gasteiger partial charge on any atom is -0.389 e. The lowest BCUT2D eigenvalue weighted by atomic mass is 10.1. The van der Waals surface area contributed by atoms with Gasteiger partial charge < -0.3 is 10.0 Å². The third-order valence-electron chi connectivity index (χ3n) is 3.51. The maximum Gasteiger partial charge on any atom is 0.211 e. The van der Waals surface area contributed by atoms with E-state index in [9.17, 15) is 13.5 Å². The Morgan fingerprint density at radius 3 is 2.30 bits per heavy atom. The Balaban J connectivity index is 2.10. The lowest BCUT2D eigenvalue weighted by molar-refractivity contribution is 0.198. The van der Waals surface area contributed by atoms with Crippen LogP contribution in [0, 0.1) is 0 Å². The normalized spacial score (nSPS) is 19.1. The number of hydrogen-bond donors (Lipinski definition) is 1. The number of hydrogen-bond acceptors (Lipinski definition) is 4. The van der Waals surface area contributed by atoms with Gasteiger partial charge in [0.1, 0.15) is 0 Å². The quantitative estimate of drug-likeness (QED) is 0.886. The molecule has 5 nitrogen and oxygen atoms in total. The first-order valence-corrected chi connectivity index (χ1v) is 9.11. The topological polar surface area (TPSA) is 60.9 Å². The zero-order valence-corrected chi connectivity index (χ0v) is 14.0. The van der Waals surface area contributed by atoms with Crippen molar-refractivity contribution in [2.24, 2.45) is 0 Å². The van der Waals surface area contributed by atoms with Crippen LogP contribution in [-0.4, -0.2) is 50.3 Å². The number of anilines is 1. The van der Waals surface area contributed by atoms with Gasteiger partial charge in [-0.25, -0.2) is 8.42 Å². The highest BCUT2D eigenvalue weighted by atomic mass is 79.9. The maximum absolute atomic E-state index is 11.5. The van der Waals surface area contributed by atoms with Crippen molar-refractivity contribution in [3.05, 3.63) is 28.2 Å². The predicted octanol–water partition coefficient (Wildman–Crippen LogP) is 1.58. The molecule has 1 aromatic carbocycles. The molecule has 0 bridgehead atoms. The van der Waals surface area contributed by atoms with Crippen molar-refractivity contribution in [3.63, 3.8) is 0 Å². The molecular weight excluding hydrogens is 344 g/mol. The SMILES string of the molecule is C[C@H](O)c1ccc(N2CCN(S(C)(=O)=O)CC2)cc1Br. The Labute approximate surface area is 128 Å². The van der Waals surface area contributed by atoms with Gasteiger partial charge in [0.05, 0.1) is 12.4 Å². The minimum atomic E-state index is -3.09. The van der Waals surface area contributed by atoms with Gasteiger partial charge in [-0.2, -0.15) is 4.31 Å². The molecule has 0 amide bonds. The Bertz CT molecular complexity index is 581. The molecule has 0 saturated carbocycles. The summed E-state index contributed by atoms with van der Waals surface area (Å²) in [7, 11) is -3.09. The van der Waals surface area contributed by atoms with E-state index < -0.39 is 16.1 Å². The molecule has 1 saturated heterocycles. The Morgan fingerprint density at radius 1 is 1.25 bits per heavy atom. The van der Waals surface area contributed by atoms with E-state index in [2.05, 4.69) is 20.8 Å². The molecule has 0 aliphatic carbocycles. The molecule has 1 N–H and O–H groups in total. The van der Waals surface area contributed by atoms with Crippen molar-refractivity contribution >= 4 is 31.6 Å². The first-order chi connectivity index (χ1) is 9.29. The van der Waals surface area contributed by atoms with Crippen LogP contribution in [-0.2, 0) is 10.0 Å². The molecule has 1 aliphatic rings. The molecule has 0 radical (unpaired) electrons. The van der Waals surface area contributed by atoms with Crippen LogP contribution in [0.25, 0.3) is 0 Å². The van der Waals surface area contributed by atoms with Gasteiger partial charge in [0.15, 0.2) is 0 Å². The predicted molar refractivity (Wildman–Crippen MR) is 83.4 cm³/mol. The van der Waals surface area contributed by atoms with Crippen molar-refractivity contribution in [2.75, 3.05) is 37.3 Å². The number of benzene rings is 1. The molecule has 1 aliphatic heterocycles. The van der Waals surface area contributed by atoms with E-state index in [1.165, 1.54) is 10.6 Å². The second kappa shape index (κ2) is 6.01. The van der Waals surface area contributed by atoms with Crippen LogP contribution < -0.4 is 4.90 Å². The molecule has 0 spiro atoms. The number of piperazine rings is 1. The summed E-state index contributed by atoms with van der Waals surface area (Å²) in [5.41, 5.74) is 1.89. The second-order valence-electron chi connectivity index (χ2n) is 5.03. The highest BCUT2D eigenvalue weighted by Crippen LogP contribution is 2.28. The lowest BCUT2D eigenvalue weighted by Gasteiger charge is -2.35. The summed E-state index contributed by atoms with van der Waals surface area (Å²) in [4.78, 5) is 2.15. The zero-order valence-electron chi connectivity index (χ0n) is 11.6. The number of aliphatic hydroxyl groups excluding tert-OH is 1. The highest BCUT2D eigenvalue weighted by Gasteiger charge is 2.23. The van der Waals surface area contributed by atoms with Crippen LogP contribution in [0.1, 0.15) is 18.6 Å². The number of aliphatic hydroxyl groups is 1. The molecule has 0 unspecified atom stereocenters. The first kappa shape index (κ1) is 15.8. The van der Waals surface area contributed by atoms with Gasteiger partial charge in [0.2, 0.25) is 10.0 Å². The van der Waals surface area contributed by atoms with Gasteiger partial charge in [-0.1, -0.05) is 22.0 Å². The molecule has 2 rings (SSSR count). The number of nitrogens with zero attached hydrogens (tertiary/aromatic N) is 2. The Hall–Kier alpha value is -0.630. The zero-order chi connectivity index (χ0) is 14.9. The fourth-order valence-electron chi connectivity index (χ4n) is 2.33. The van der Waals surface area contributed by atoms with E-state index in [0.717, 1.165) is 15.7 Å². The van der Waals surface area contributed by atoms with Gasteiger partial charge in [-0.05, 0) is 24.6 Å². The van der Waals surface area contributed by atoms with E-state index in [1.807, 2.05) is 18.2 Å². The molecule has 1 atom stereocenters. The molecule has 0 aromatic heterocycles. The Morgan fingerprint density at radius 2 is 1.85 bits per heavy atom. The fourth-order valence-corrected chi connectivity index (χ4v) is 3.85. The van der Waals surface area contributed by atoms with Crippen molar-refractivity contribution < 1.29 is 13.5 Å². The van der Waals surface area contributed by atoms with E-state index in [-0.39, 0.29) is 0 Å². The van der Waals surface area contributed by atoms with Crippen molar-refractivity contribution in [3.8, 4) is 0 Å². The summed E-state index contributed by atoms with van der Waals surface area (Å²) in [6.07, 6.45) is 0.733. The molecule has 112 valence electrons. The summed E-state index contributed by atoms with van der Waals surface area (Å²) in [5.74, 6) is 0. The summed E-state index contributed by atoms with van der Waals surface area (Å²) < 4.78 is 25.3. The third kappa shape index (κ3) is 3.52. The second-order valence-corrected chi connectivity index (χ2v) is 7.87. The molecule has 7 heteroatoms. The third-order valence-corrected chi connectivity index (χ3v) is 5.50. The van der Waals surface area contributed by atoms with Gasteiger partial charge in [-0.15, -0.1) is 0 Å². The van der Waals surface area contributed by atoms with Crippen LogP contribution in [0.2, 0.25) is 0 Å². The lowest BCUT2D eigenvalue weighted by Crippen LogP contribution is -2.48. The summed E-state index contributed by atoms with van der Waals surface area (Å²) in [5, 5.41) is 9.61. The van der Waals surface area contributed by atoms with E-state index in [1.54, 1.807) is 6.92 Å². The molecule has 1 heterocycles. The monoisotopic (exact) mass is 362 g/mol. The fraction of sp³-hybridized carbons (Fsp3) is 0.538. The molecule has 1 fully saturated rings. The van der Waals surface area contributed by atoms with Crippen LogP contribution in [0.3, 0.4) is 0 Å². The number of halogens is 1. The first-order valence-electron chi connectivity index (χ1n) is 6.46. The van der Waals surface area contributed by atoms with Crippen LogP contribution in [0.4, 0.5) is 5.69 Å². The average Bonchev–Trinajstić information content (AvgIpc) is 2.37. The van der Waals surface area contributed by atoms with Crippen molar-refractivity contribution in [1.29, 1.82) is 0 Å². The van der Waals surface area contributed by atoms with Gasteiger partial charge in [0.25, 0.3) is 0 Å². The largest absolute Gasteiger partial charge is 0.389 e. The van der Waals surface area contributed by atoms with E-state index >= 15 is 0 Å². The smallest absolute Gasteiger partial charge is 0.211 e. The van der Waals surface area contributed by atoms with Crippen LogP contribution in [0.15, 0.2) is 22.7 Å². The minimum absolute atomic E-state index is 0.509. The van der Waals surface area contributed by atoms with Crippen LogP contribution >= 0.6 is 15.9 Å². The van der Waals surface area contributed by atoms with Gasteiger partial charge in [-0.3, -0.25) is 0 Å². The van der Waals surface area contributed by atoms with E-state index in [0.29, 0.717) is 26.2 Å². The average molecular weight is 363 g/mol. The summed E-state index contributed by atoms with van der Waals surface area (Å²) >= 11 is 3.46. The van der Waals surface area contributed by atoms with E-state index in [4.69, 9.17) is 0 Å². The number of rotatable bonds is 3. The summed E-state index contributed by atoms with van der Waals surface area (Å²) in [6, 6.07) is 5.83. The maximum atomic E-state index is 11.5. The Kier molecular flexibility index (Phi) is 4.73. The van der Waals surface area contributed by atoms with Crippen molar-refractivity contribution in [1.82, 2.24) is 4.31 Å². The molecule has 1 aromatic rings.